The molecule has 2 aromatic carbocycles. The fraction of sp³-hybridized carbons (Fsp3) is 0.200. The molecule has 3 heteroatoms. The quantitative estimate of drug-likeness (QED) is 0.893. The minimum absolute atomic E-state index is 0.232. The summed E-state index contributed by atoms with van der Waals surface area (Å²) in [6, 6.07) is 13.9. The van der Waals surface area contributed by atoms with E-state index in [4.69, 9.17) is 17.3 Å². The molecule has 0 radical (unpaired) electrons. The number of nitrogens with two attached hydrogens (primary N) is 1. The second-order valence-electron chi connectivity index (χ2n) is 4.73. The first-order valence-corrected chi connectivity index (χ1v) is 6.14. The molecule has 0 aliphatic carbocycles. The molecule has 0 fully saturated rings. The topological polar surface area (TPSA) is 26.0 Å². The van der Waals surface area contributed by atoms with E-state index in [1.54, 1.807) is 12.1 Å². The lowest BCUT2D eigenvalue weighted by Crippen LogP contribution is -2.35. The predicted octanol–water partition coefficient (Wildman–Crippen LogP) is 3.90. The molecule has 0 saturated heterocycles. The van der Waals surface area contributed by atoms with Gasteiger partial charge in [-0.25, -0.2) is 4.39 Å². The fourth-order valence-corrected chi connectivity index (χ4v) is 2.08. The minimum Gasteiger partial charge on any atom is -0.321 e. The molecule has 1 nitrogen and oxygen atoms in total. The van der Waals surface area contributed by atoms with Crippen molar-refractivity contribution in [2.24, 2.45) is 5.73 Å². The van der Waals surface area contributed by atoms with Crippen LogP contribution in [0.3, 0.4) is 0 Å². The maximum atomic E-state index is 12.8. The van der Waals surface area contributed by atoms with Gasteiger partial charge in [0.25, 0.3) is 0 Å². The highest BCUT2D eigenvalue weighted by Gasteiger charge is 2.21. The molecule has 0 aromatic heterocycles. The van der Waals surface area contributed by atoms with Gasteiger partial charge >= 0.3 is 0 Å². The molecule has 2 aromatic rings. The van der Waals surface area contributed by atoms with Crippen molar-refractivity contribution in [1.82, 2.24) is 0 Å². The van der Waals surface area contributed by atoms with E-state index in [-0.39, 0.29) is 5.82 Å². The third kappa shape index (κ3) is 3.09. The van der Waals surface area contributed by atoms with E-state index in [0.29, 0.717) is 11.4 Å². The molecular weight excluding hydrogens is 249 g/mol. The van der Waals surface area contributed by atoms with Crippen LogP contribution in [-0.2, 0) is 12.0 Å². The molecule has 1 unspecified atom stereocenters. The fourth-order valence-electron chi connectivity index (χ4n) is 1.96. The average molecular weight is 264 g/mol. The van der Waals surface area contributed by atoms with Crippen molar-refractivity contribution in [2.75, 3.05) is 0 Å². The van der Waals surface area contributed by atoms with Crippen LogP contribution in [-0.4, -0.2) is 0 Å². The normalized spacial score (nSPS) is 14.2. The second-order valence-corrected chi connectivity index (χ2v) is 5.16. The van der Waals surface area contributed by atoms with Gasteiger partial charge in [0.2, 0.25) is 0 Å². The summed E-state index contributed by atoms with van der Waals surface area (Å²) in [6.07, 6.45) is 0.648. The van der Waals surface area contributed by atoms with E-state index in [0.717, 1.165) is 11.1 Å². The highest BCUT2D eigenvalue weighted by Crippen LogP contribution is 2.24. The molecule has 2 N–H and O–H groups in total. The van der Waals surface area contributed by atoms with E-state index in [1.165, 1.54) is 12.1 Å². The maximum absolute atomic E-state index is 12.8. The molecule has 0 bridgehead atoms. The third-order valence-electron chi connectivity index (χ3n) is 2.99. The van der Waals surface area contributed by atoms with Crippen LogP contribution >= 0.6 is 11.6 Å². The van der Waals surface area contributed by atoms with Crippen LogP contribution in [0.15, 0.2) is 48.5 Å². The van der Waals surface area contributed by atoms with Crippen LogP contribution in [0.5, 0.6) is 0 Å². The van der Waals surface area contributed by atoms with Gasteiger partial charge < -0.3 is 5.73 Å². The zero-order valence-electron chi connectivity index (χ0n) is 10.2. The largest absolute Gasteiger partial charge is 0.321 e. The van der Waals surface area contributed by atoms with Crippen molar-refractivity contribution in [3.63, 3.8) is 0 Å². The van der Waals surface area contributed by atoms with Crippen molar-refractivity contribution >= 4 is 11.6 Å². The molecule has 0 spiro atoms. The van der Waals surface area contributed by atoms with Crippen molar-refractivity contribution in [3.05, 3.63) is 70.5 Å². The maximum Gasteiger partial charge on any atom is 0.123 e. The Morgan fingerprint density at radius 3 is 2.17 bits per heavy atom. The third-order valence-corrected chi connectivity index (χ3v) is 3.24. The van der Waals surface area contributed by atoms with Crippen molar-refractivity contribution in [1.29, 1.82) is 0 Å². The molecule has 0 aliphatic rings. The van der Waals surface area contributed by atoms with Gasteiger partial charge in [-0.2, -0.15) is 0 Å². The summed E-state index contributed by atoms with van der Waals surface area (Å²) in [6.45, 7) is 1.96. The number of rotatable bonds is 3. The summed E-state index contributed by atoms with van der Waals surface area (Å²) in [5.41, 5.74) is 7.84. The molecule has 1 atom stereocenters. The molecule has 0 aliphatic heterocycles. The van der Waals surface area contributed by atoms with E-state index in [1.807, 2.05) is 31.2 Å². The van der Waals surface area contributed by atoms with Crippen LogP contribution in [0.2, 0.25) is 5.02 Å². The van der Waals surface area contributed by atoms with Gasteiger partial charge in [0.05, 0.1) is 0 Å². The minimum atomic E-state index is -0.498. The SMILES string of the molecule is CC(N)(Cc1ccc(F)cc1)c1ccc(Cl)cc1. The number of halogens is 2. The Hall–Kier alpha value is -1.38. The second kappa shape index (κ2) is 5.09. The smallest absolute Gasteiger partial charge is 0.123 e. The highest BCUT2D eigenvalue weighted by atomic mass is 35.5. The lowest BCUT2D eigenvalue weighted by molar-refractivity contribution is 0.491. The Morgan fingerprint density at radius 1 is 1.06 bits per heavy atom. The van der Waals surface area contributed by atoms with Crippen molar-refractivity contribution in [2.45, 2.75) is 18.9 Å². The first kappa shape index (κ1) is 13.1. The molecule has 18 heavy (non-hydrogen) atoms. The van der Waals surface area contributed by atoms with E-state index in [2.05, 4.69) is 0 Å². The predicted molar refractivity (Wildman–Crippen MR) is 73.1 cm³/mol. The lowest BCUT2D eigenvalue weighted by Gasteiger charge is -2.25. The summed E-state index contributed by atoms with van der Waals surface area (Å²) in [5.74, 6) is -0.232. The summed E-state index contributed by atoms with van der Waals surface area (Å²) in [4.78, 5) is 0. The summed E-state index contributed by atoms with van der Waals surface area (Å²) in [7, 11) is 0. The Labute approximate surface area is 111 Å². The van der Waals surface area contributed by atoms with Crippen LogP contribution in [0, 0.1) is 5.82 Å². The summed E-state index contributed by atoms with van der Waals surface area (Å²) >= 11 is 5.86. The molecular formula is C15H15ClFN. The number of hydrogen-bond donors (Lipinski definition) is 1. The molecule has 94 valence electrons. The van der Waals surface area contributed by atoms with Crippen LogP contribution in [0.1, 0.15) is 18.1 Å². The Morgan fingerprint density at radius 2 is 1.61 bits per heavy atom. The summed E-state index contributed by atoms with van der Waals surface area (Å²) < 4.78 is 12.8. The van der Waals surface area contributed by atoms with Gasteiger partial charge in [-0.15, -0.1) is 0 Å². The lowest BCUT2D eigenvalue weighted by atomic mass is 9.87. The molecule has 0 amide bonds. The molecule has 0 saturated carbocycles. The van der Waals surface area contributed by atoms with Crippen LogP contribution in [0.4, 0.5) is 4.39 Å². The van der Waals surface area contributed by atoms with Crippen LogP contribution in [0.25, 0.3) is 0 Å². The van der Waals surface area contributed by atoms with E-state index >= 15 is 0 Å². The molecule has 2 rings (SSSR count). The van der Waals surface area contributed by atoms with Crippen LogP contribution < -0.4 is 5.73 Å². The zero-order valence-corrected chi connectivity index (χ0v) is 10.9. The van der Waals surface area contributed by atoms with Crippen molar-refractivity contribution < 1.29 is 4.39 Å². The Balaban J connectivity index is 2.20. The Kier molecular flexibility index (Phi) is 3.69. The van der Waals surface area contributed by atoms with E-state index < -0.39 is 5.54 Å². The van der Waals surface area contributed by atoms with Gasteiger partial charge in [0.15, 0.2) is 0 Å². The highest BCUT2D eigenvalue weighted by molar-refractivity contribution is 6.30. The first-order chi connectivity index (χ1) is 8.47. The monoisotopic (exact) mass is 263 g/mol. The Bertz CT molecular complexity index is 517. The van der Waals surface area contributed by atoms with Gasteiger partial charge in [0.1, 0.15) is 5.82 Å². The van der Waals surface area contributed by atoms with Gasteiger partial charge in [-0.3, -0.25) is 0 Å². The standard InChI is InChI=1S/C15H15ClFN/c1-15(18,12-4-6-13(16)7-5-12)10-11-2-8-14(17)9-3-11/h2-9H,10,18H2,1H3. The van der Waals surface area contributed by atoms with Crippen molar-refractivity contribution in [3.8, 4) is 0 Å². The van der Waals surface area contributed by atoms with E-state index in [9.17, 15) is 4.39 Å². The zero-order chi connectivity index (χ0) is 13.2. The van der Waals surface area contributed by atoms with Gasteiger partial charge in [-0.1, -0.05) is 35.9 Å². The molecule has 0 heterocycles. The summed E-state index contributed by atoms with van der Waals surface area (Å²) in [5, 5.41) is 0.691. The van der Waals surface area contributed by atoms with Gasteiger partial charge in [0, 0.05) is 10.6 Å². The average Bonchev–Trinajstić information content (AvgIpc) is 2.32. The first-order valence-electron chi connectivity index (χ1n) is 5.77. The van der Waals surface area contributed by atoms with Gasteiger partial charge in [-0.05, 0) is 48.7 Å². The number of benzene rings is 2. The number of hydrogen-bond acceptors (Lipinski definition) is 1.